The normalized spacial score (nSPS) is 27.9. The van der Waals surface area contributed by atoms with Gasteiger partial charge in [0, 0.05) is 5.69 Å². The number of aryl methyl sites for hydroxylation is 2. The van der Waals surface area contributed by atoms with E-state index in [1.807, 2.05) is 38.1 Å². The number of amides is 3. The summed E-state index contributed by atoms with van der Waals surface area (Å²) in [6.07, 6.45) is 4.83. The van der Waals surface area contributed by atoms with Crippen molar-refractivity contribution in [2.24, 2.45) is 23.7 Å². The molecule has 1 aliphatic heterocycles. The molecule has 29 heavy (non-hydrogen) atoms. The van der Waals surface area contributed by atoms with Gasteiger partial charge in [-0.25, -0.2) is 4.79 Å². The van der Waals surface area contributed by atoms with E-state index in [1.54, 1.807) is 6.07 Å². The van der Waals surface area contributed by atoms with E-state index in [9.17, 15) is 19.2 Å². The molecule has 5 atom stereocenters. The summed E-state index contributed by atoms with van der Waals surface area (Å²) in [7, 11) is 0. The first-order valence-corrected chi connectivity index (χ1v) is 9.87. The average molecular weight is 396 g/mol. The van der Waals surface area contributed by atoms with Gasteiger partial charge in [-0.1, -0.05) is 18.2 Å². The third kappa shape index (κ3) is 3.24. The van der Waals surface area contributed by atoms with Crippen molar-refractivity contribution in [2.75, 3.05) is 11.9 Å². The highest BCUT2D eigenvalue weighted by Gasteiger charge is 2.60. The number of benzene rings is 1. The van der Waals surface area contributed by atoms with Crippen molar-refractivity contribution in [3.63, 3.8) is 0 Å². The van der Waals surface area contributed by atoms with Crippen LogP contribution in [0.2, 0.25) is 0 Å². The van der Waals surface area contributed by atoms with Crippen molar-refractivity contribution in [3.05, 3.63) is 41.5 Å². The SMILES string of the molecule is Cc1ccc(NC(=O)COC(=O)[C@@H](C)N2C(=O)[C@@H]3[C@H](C2=O)[C@H]2C=C[C@H]3C2)cc1C. The van der Waals surface area contributed by atoms with Crippen LogP contribution in [0.15, 0.2) is 30.4 Å². The summed E-state index contributed by atoms with van der Waals surface area (Å²) in [6, 6.07) is 4.45. The van der Waals surface area contributed by atoms with Gasteiger partial charge < -0.3 is 10.1 Å². The smallest absolute Gasteiger partial charge is 0.329 e. The topological polar surface area (TPSA) is 92.8 Å². The molecule has 0 aromatic heterocycles. The maximum absolute atomic E-state index is 12.8. The maximum atomic E-state index is 12.8. The summed E-state index contributed by atoms with van der Waals surface area (Å²) in [5.41, 5.74) is 2.76. The number of fused-ring (bicyclic) bond motifs is 5. The fraction of sp³-hybridized carbons (Fsp3) is 0.455. The van der Waals surface area contributed by atoms with Crippen LogP contribution in [0.5, 0.6) is 0 Å². The number of esters is 1. The number of ether oxygens (including phenoxy) is 1. The van der Waals surface area contributed by atoms with Crippen LogP contribution in [0.25, 0.3) is 0 Å². The molecular formula is C22H24N2O5. The predicted octanol–water partition coefficient (Wildman–Crippen LogP) is 1.98. The van der Waals surface area contributed by atoms with Gasteiger partial charge >= 0.3 is 5.97 Å². The quantitative estimate of drug-likeness (QED) is 0.467. The molecule has 7 nitrogen and oxygen atoms in total. The van der Waals surface area contributed by atoms with Crippen LogP contribution >= 0.6 is 0 Å². The molecule has 1 aromatic carbocycles. The Bertz CT molecular complexity index is 907. The molecule has 3 aliphatic rings. The molecule has 0 unspecified atom stereocenters. The van der Waals surface area contributed by atoms with Gasteiger partial charge in [-0.2, -0.15) is 0 Å². The number of carbonyl (C=O) groups excluding carboxylic acids is 4. The van der Waals surface area contributed by atoms with Crippen molar-refractivity contribution in [2.45, 2.75) is 33.2 Å². The summed E-state index contributed by atoms with van der Waals surface area (Å²) >= 11 is 0. The molecule has 0 spiro atoms. The molecule has 2 fully saturated rings. The molecular weight excluding hydrogens is 372 g/mol. The van der Waals surface area contributed by atoms with Gasteiger partial charge in [-0.05, 0) is 62.3 Å². The second-order valence-electron chi connectivity index (χ2n) is 8.18. The lowest BCUT2D eigenvalue weighted by molar-refractivity contribution is -0.159. The Morgan fingerprint density at radius 3 is 2.31 bits per heavy atom. The van der Waals surface area contributed by atoms with Crippen LogP contribution in [-0.2, 0) is 23.9 Å². The lowest BCUT2D eigenvalue weighted by atomic mass is 9.85. The molecule has 7 heteroatoms. The van der Waals surface area contributed by atoms with Gasteiger partial charge in [0.2, 0.25) is 11.8 Å². The van der Waals surface area contributed by atoms with E-state index in [0.717, 1.165) is 22.4 Å². The molecule has 1 saturated heterocycles. The van der Waals surface area contributed by atoms with Crippen LogP contribution in [0.1, 0.15) is 24.5 Å². The molecule has 2 bridgehead atoms. The fourth-order valence-corrected chi connectivity index (χ4v) is 4.69. The summed E-state index contributed by atoms with van der Waals surface area (Å²) < 4.78 is 5.08. The number of hydrogen-bond donors (Lipinski definition) is 1. The molecule has 0 radical (unpaired) electrons. The number of hydrogen-bond acceptors (Lipinski definition) is 5. The van der Waals surface area contributed by atoms with Crippen LogP contribution in [0, 0.1) is 37.5 Å². The minimum absolute atomic E-state index is 0.0819. The number of anilines is 1. The van der Waals surface area contributed by atoms with Gasteiger partial charge in [-0.15, -0.1) is 0 Å². The zero-order valence-electron chi connectivity index (χ0n) is 16.7. The average Bonchev–Trinajstić information content (AvgIpc) is 3.36. The number of rotatable bonds is 5. The fourth-order valence-electron chi connectivity index (χ4n) is 4.69. The molecule has 1 saturated carbocycles. The number of likely N-dealkylation sites (tertiary alicyclic amines) is 1. The number of nitrogens with one attached hydrogen (secondary N) is 1. The number of carbonyl (C=O) groups is 4. The minimum atomic E-state index is -1.05. The zero-order valence-corrected chi connectivity index (χ0v) is 16.7. The van der Waals surface area contributed by atoms with Gasteiger partial charge in [0.05, 0.1) is 11.8 Å². The monoisotopic (exact) mass is 396 g/mol. The molecule has 152 valence electrons. The highest BCUT2D eigenvalue weighted by atomic mass is 16.5. The van der Waals surface area contributed by atoms with Gasteiger partial charge in [0.15, 0.2) is 6.61 Å². The first-order chi connectivity index (χ1) is 13.8. The second kappa shape index (κ2) is 7.13. The van der Waals surface area contributed by atoms with Crippen molar-refractivity contribution in [1.82, 2.24) is 4.90 Å². The van der Waals surface area contributed by atoms with E-state index in [4.69, 9.17) is 4.74 Å². The van der Waals surface area contributed by atoms with Crippen LogP contribution < -0.4 is 5.32 Å². The molecule has 3 amide bonds. The Balaban J connectivity index is 1.34. The minimum Gasteiger partial charge on any atom is -0.454 e. The Labute approximate surface area is 169 Å². The van der Waals surface area contributed by atoms with Crippen LogP contribution in [0.4, 0.5) is 5.69 Å². The second-order valence-corrected chi connectivity index (χ2v) is 8.18. The Hall–Kier alpha value is -2.96. The molecule has 2 aliphatic carbocycles. The van der Waals surface area contributed by atoms with Crippen molar-refractivity contribution in [1.29, 1.82) is 0 Å². The summed E-state index contributed by atoms with van der Waals surface area (Å²) in [6.45, 7) is 4.90. The highest BCUT2D eigenvalue weighted by Crippen LogP contribution is 2.52. The van der Waals surface area contributed by atoms with Crippen molar-refractivity contribution in [3.8, 4) is 0 Å². The zero-order chi connectivity index (χ0) is 20.9. The highest BCUT2D eigenvalue weighted by molar-refractivity contribution is 6.09. The van der Waals surface area contributed by atoms with Gasteiger partial charge in [-0.3, -0.25) is 19.3 Å². The molecule has 1 heterocycles. The Kier molecular flexibility index (Phi) is 4.76. The lowest BCUT2D eigenvalue weighted by Crippen LogP contribution is -2.45. The van der Waals surface area contributed by atoms with E-state index in [0.29, 0.717) is 5.69 Å². The molecule has 4 rings (SSSR count). The molecule has 1 N–H and O–H groups in total. The van der Waals surface area contributed by atoms with Crippen molar-refractivity contribution >= 4 is 29.4 Å². The summed E-state index contributed by atoms with van der Waals surface area (Å²) in [5, 5.41) is 2.67. The van der Waals surface area contributed by atoms with Crippen LogP contribution in [-0.4, -0.2) is 41.2 Å². The Morgan fingerprint density at radius 2 is 1.72 bits per heavy atom. The number of nitrogens with zero attached hydrogens (tertiary/aromatic N) is 1. The number of allylic oxidation sites excluding steroid dienone is 2. The summed E-state index contributed by atoms with van der Waals surface area (Å²) in [4.78, 5) is 51.1. The van der Waals surface area contributed by atoms with Gasteiger partial charge in [0.25, 0.3) is 5.91 Å². The maximum Gasteiger partial charge on any atom is 0.329 e. The lowest BCUT2D eigenvalue weighted by Gasteiger charge is -2.23. The van der Waals surface area contributed by atoms with Crippen molar-refractivity contribution < 1.29 is 23.9 Å². The van der Waals surface area contributed by atoms with E-state index < -0.39 is 24.5 Å². The number of imide groups is 1. The predicted molar refractivity (Wildman–Crippen MR) is 105 cm³/mol. The molecule has 1 aromatic rings. The third-order valence-corrected chi connectivity index (χ3v) is 6.37. The standard InChI is InChI=1S/C22H24N2O5/c1-11-4-7-16(8-12(11)2)23-17(25)10-29-22(28)13(3)24-20(26)18-14-5-6-15(9-14)19(18)21(24)27/h4-8,13-15,18-19H,9-10H2,1-3H3,(H,23,25)/t13-,14+,15+,18-,19+/m1/s1. The van der Waals surface area contributed by atoms with E-state index in [2.05, 4.69) is 5.32 Å². The summed E-state index contributed by atoms with van der Waals surface area (Å²) in [5.74, 6) is -2.41. The van der Waals surface area contributed by atoms with Gasteiger partial charge in [0.1, 0.15) is 6.04 Å². The first kappa shape index (κ1) is 19.4. The van der Waals surface area contributed by atoms with E-state index in [-0.39, 0.29) is 35.5 Å². The Morgan fingerprint density at radius 1 is 1.10 bits per heavy atom. The van der Waals surface area contributed by atoms with E-state index >= 15 is 0 Å². The largest absolute Gasteiger partial charge is 0.454 e. The third-order valence-electron chi connectivity index (χ3n) is 6.37. The van der Waals surface area contributed by atoms with E-state index in [1.165, 1.54) is 6.92 Å². The first-order valence-electron chi connectivity index (χ1n) is 9.87. The van der Waals surface area contributed by atoms with Crippen LogP contribution in [0.3, 0.4) is 0 Å².